The van der Waals surface area contributed by atoms with Crippen LogP contribution in [0.3, 0.4) is 0 Å². The van der Waals surface area contributed by atoms with Crippen LogP contribution in [0, 0.1) is 6.92 Å². The summed E-state index contributed by atoms with van der Waals surface area (Å²) in [7, 11) is 0. The van der Waals surface area contributed by atoms with Crippen molar-refractivity contribution in [3.05, 3.63) is 16.1 Å². The average molecular weight is 254 g/mol. The summed E-state index contributed by atoms with van der Waals surface area (Å²) in [6, 6.07) is 0. The highest BCUT2D eigenvalue weighted by atomic mass is 32.1. The maximum atomic E-state index is 5.79. The Bertz CT molecular complexity index is 334. The molecule has 0 unspecified atom stereocenters. The van der Waals surface area contributed by atoms with Gasteiger partial charge in [-0.1, -0.05) is 6.92 Å². The van der Waals surface area contributed by atoms with E-state index in [0.29, 0.717) is 6.10 Å². The van der Waals surface area contributed by atoms with Crippen molar-refractivity contribution < 1.29 is 4.74 Å². The second-order valence-electron chi connectivity index (χ2n) is 4.67. The zero-order valence-corrected chi connectivity index (χ0v) is 11.6. The fraction of sp³-hybridized carbons (Fsp3) is 0.769. The van der Waals surface area contributed by atoms with Crippen molar-refractivity contribution in [2.45, 2.75) is 45.8 Å². The normalized spacial score (nSPS) is 21.0. The van der Waals surface area contributed by atoms with Crippen LogP contribution in [-0.2, 0) is 11.3 Å². The van der Waals surface area contributed by atoms with Crippen LogP contribution in [-0.4, -0.2) is 35.7 Å². The molecule has 2 heterocycles. The minimum Gasteiger partial charge on any atom is -0.377 e. The van der Waals surface area contributed by atoms with Gasteiger partial charge in [0, 0.05) is 25.1 Å². The van der Waals surface area contributed by atoms with Gasteiger partial charge in [0.2, 0.25) is 0 Å². The molecule has 1 aliphatic heterocycles. The Labute approximate surface area is 108 Å². The maximum absolute atomic E-state index is 5.79. The van der Waals surface area contributed by atoms with Gasteiger partial charge >= 0.3 is 0 Å². The van der Waals surface area contributed by atoms with E-state index in [2.05, 4.69) is 29.1 Å². The summed E-state index contributed by atoms with van der Waals surface area (Å²) in [5, 5.41) is 3.32. The van der Waals surface area contributed by atoms with Crippen LogP contribution >= 0.6 is 11.3 Å². The Kier molecular flexibility index (Phi) is 4.95. The lowest BCUT2D eigenvalue weighted by Gasteiger charge is -2.28. The molecule has 1 atom stereocenters. The summed E-state index contributed by atoms with van der Waals surface area (Å²) >= 11 is 1.73. The van der Waals surface area contributed by atoms with Crippen LogP contribution in [0.15, 0.2) is 5.38 Å². The molecule has 0 spiro atoms. The SMILES string of the molecule is CCN(Cc1csc(C)n1)C[C@@H]1CCCCO1. The summed E-state index contributed by atoms with van der Waals surface area (Å²) in [6.45, 7) is 8.29. The first kappa shape index (κ1) is 13.0. The second kappa shape index (κ2) is 6.47. The smallest absolute Gasteiger partial charge is 0.0897 e. The van der Waals surface area contributed by atoms with E-state index in [4.69, 9.17) is 4.74 Å². The highest BCUT2D eigenvalue weighted by Gasteiger charge is 2.17. The van der Waals surface area contributed by atoms with E-state index < -0.39 is 0 Å². The lowest BCUT2D eigenvalue weighted by molar-refractivity contribution is -0.00639. The van der Waals surface area contributed by atoms with E-state index in [0.717, 1.165) is 31.2 Å². The van der Waals surface area contributed by atoms with Gasteiger partial charge in [0.25, 0.3) is 0 Å². The molecular weight excluding hydrogens is 232 g/mol. The predicted octanol–water partition coefficient (Wildman–Crippen LogP) is 2.84. The molecule has 96 valence electrons. The van der Waals surface area contributed by atoms with Crippen molar-refractivity contribution in [1.82, 2.24) is 9.88 Å². The molecule has 1 aromatic heterocycles. The highest BCUT2D eigenvalue weighted by Crippen LogP contribution is 2.16. The Morgan fingerprint density at radius 3 is 3.00 bits per heavy atom. The summed E-state index contributed by atoms with van der Waals surface area (Å²) in [4.78, 5) is 6.96. The quantitative estimate of drug-likeness (QED) is 0.808. The van der Waals surface area contributed by atoms with E-state index in [1.807, 2.05) is 0 Å². The fourth-order valence-electron chi connectivity index (χ4n) is 2.25. The zero-order chi connectivity index (χ0) is 12.1. The standard InChI is InChI=1S/C13H22N2OS/c1-3-15(8-12-10-17-11(2)14-12)9-13-6-4-5-7-16-13/h10,13H,3-9H2,1-2H3/t13-/m0/s1. The molecular formula is C13H22N2OS. The number of likely N-dealkylation sites (N-methyl/N-ethyl adjacent to an activating group) is 1. The van der Waals surface area contributed by atoms with Gasteiger partial charge in [-0.3, -0.25) is 4.90 Å². The van der Waals surface area contributed by atoms with Gasteiger partial charge in [-0.25, -0.2) is 4.98 Å². The van der Waals surface area contributed by atoms with Crippen LogP contribution in [0.5, 0.6) is 0 Å². The van der Waals surface area contributed by atoms with Crippen LogP contribution in [0.25, 0.3) is 0 Å². The minimum atomic E-state index is 0.434. The van der Waals surface area contributed by atoms with Gasteiger partial charge < -0.3 is 4.74 Å². The molecule has 17 heavy (non-hydrogen) atoms. The van der Waals surface area contributed by atoms with E-state index in [-0.39, 0.29) is 0 Å². The number of thiazole rings is 1. The topological polar surface area (TPSA) is 25.4 Å². The third-order valence-electron chi connectivity index (χ3n) is 3.24. The Morgan fingerprint density at radius 1 is 1.53 bits per heavy atom. The van der Waals surface area contributed by atoms with Crippen molar-refractivity contribution in [2.75, 3.05) is 19.7 Å². The third-order valence-corrected chi connectivity index (χ3v) is 4.06. The number of ether oxygens (including phenoxy) is 1. The predicted molar refractivity (Wildman–Crippen MR) is 71.4 cm³/mol. The number of aryl methyl sites for hydroxylation is 1. The molecule has 3 nitrogen and oxygen atoms in total. The summed E-state index contributed by atoms with van der Waals surface area (Å²) in [6.07, 6.45) is 4.20. The van der Waals surface area contributed by atoms with Crippen molar-refractivity contribution in [3.8, 4) is 0 Å². The van der Waals surface area contributed by atoms with Gasteiger partial charge in [-0.05, 0) is 32.7 Å². The fourth-order valence-corrected chi connectivity index (χ4v) is 2.86. The molecule has 0 radical (unpaired) electrons. The molecule has 0 saturated carbocycles. The van der Waals surface area contributed by atoms with Crippen molar-refractivity contribution >= 4 is 11.3 Å². The molecule has 1 fully saturated rings. The van der Waals surface area contributed by atoms with Crippen LogP contribution in [0.2, 0.25) is 0 Å². The van der Waals surface area contributed by atoms with Crippen LogP contribution in [0.1, 0.15) is 36.9 Å². The molecule has 0 aliphatic carbocycles. The first-order valence-corrected chi connectivity index (χ1v) is 7.41. The van der Waals surface area contributed by atoms with Gasteiger partial charge in [-0.15, -0.1) is 11.3 Å². The van der Waals surface area contributed by atoms with E-state index >= 15 is 0 Å². The Morgan fingerprint density at radius 2 is 2.41 bits per heavy atom. The number of hydrogen-bond donors (Lipinski definition) is 0. The Balaban J connectivity index is 1.83. The number of hydrogen-bond acceptors (Lipinski definition) is 4. The molecule has 1 aromatic rings. The molecule has 4 heteroatoms. The summed E-state index contributed by atoms with van der Waals surface area (Å²) < 4.78 is 5.79. The minimum absolute atomic E-state index is 0.434. The molecule has 2 rings (SSSR count). The van der Waals surface area contributed by atoms with E-state index in [1.165, 1.54) is 25.0 Å². The van der Waals surface area contributed by atoms with Crippen molar-refractivity contribution in [1.29, 1.82) is 0 Å². The van der Waals surface area contributed by atoms with Crippen LogP contribution < -0.4 is 0 Å². The highest BCUT2D eigenvalue weighted by molar-refractivity contribution is 7.09. The molecule has 0 N–H and O–H groups in total. The summed E-state index contributed by atoms with van der Waals surface area (Å²) in [5.74, 6) is 0. The number of nitrogens with zero attached hydrogens (tertiary/aromatic N) is 2. The van der Waals surface area contributed by atoms with Crippen molar-refractivity contribution in [2.24, 2.45) is 0 Å². The number of rotatable bonds is 5. The third kappa shape index (κ3) is 4.05. The van der Waals surface area contributed by atoms with Crippen LogP contribution in [0.4, 0.5) is 0 Å². The van der Waals surface area contributed by atoms with Gasteiger partial charge in [0.05, 0.1) is 16.8 Å². The molecule has 1 saturated heterocycles. The van der Waals surface area contributed by atoms with Gasteiger partial charge in [-0.2, -0.15) is 0 Å². The molecule has 0 aromatic carbocycles. The van der Waals surface area contributed by atoms with Gasteiger partial charge in [0.15, 0.2) is 0 Å². The first-order chi connectivity index (χ1) is 8.28. The monoisotopic (exact) mass is 254 g/mol. The largest absolute Gasteiger partial charge is 0.377 e. The average Bonchev–Trinajstić information content (AvgIpc) is 2.75. The molecule has 0 bridgehead atoms. The first-order valence-electron chi connectivity index (χ1n) is 6.53. The summed E-state index contributed by atoms with van der Waals surface area (Å²) in [5.41, 5.74) is 1.20. The zero-order valence-electron chi connectivity index (χ0n) is 10.8. The molecule has 1 aliphatic rings. The number of aromatic nitrogens is 1. The van der Waals surface area contributed by atoms with Crippen molar-refractivity contribution in [3.63, 3.8) is 0 Å². The lowest BCUT2D eigenvalue weighted by atomic mass is 10.1. The van der Waals surface area contributed by atoms with E-state index in [9.17, 15) is 0 Å². The lowest BCUT2D eigenvalue weighted by Crippen LogP contribution is -2.35. The Hall–Kier alpha value is -0.450. The van der Waals surface area contributed by atoms with E-state index in [1.54, 1.807) is 11.3 Å². The second-order valence-corrected chi connectivity index (χ2v) is 5.74. The van der Waals surface area contributed by atoms with Gasteiger partial charge in [0.1, 0.15) is 0 Å². The molecule has 0 amide bonds. The maximum Gasteiger partial charge on any atom is 0.0897 e.